The van der Waals surface area contributed by atoms with E-state index in [2.05, 4.69) is 36.2 Å². The number of aromatic nitrogens is 4. The number of anilines is 1. The van der Waals surface area contributed by atoms with Crippen LogP contribution >= 0.6 is 15.9 Å². The molecule has 1 atom stereocenters. The minimum absolute atomic E-state index is 0.128. The van der Waals surface area contributed by atoms with E-state index < -0.39 is 0 Å². The highest BCUT2D eigenvalue weighted by molar-refractivity contribution is 9.10. The van der Waals surface area contributed by atoms with Gasteiger partial charge in [-0.3, -0.25) is 4.98 Å². The Morgan fingerprint density at radius 2 is 2.00 bits per heavy atom. The summed E-state index contributed by atoms with van der Waals surface area (Å²) in [5.74, 6) is 0.403. The van der Waals surface area contributed by atoms with E-state index in [1.807, 2.05) is 42.5 Å². The standard InChI is InChI=1S/C22H19BrN6O/c23-14-4-1-3-13(9-14)16-10-17(29-22-19(16)21(24)27-12-28-22)15-5-2-6-26-20(15)18-11-25-7-8-30-18/h1-6,9-10,12,18,25H,7-8,11H2,(H2,24,27,28,29). The monoisotopic (exact) mass is 462 g/mol. The first-order chi connectivity index (χ1) is 14.7. The molecule has 1 fully saturated rings. The number of nitrogens with zero attached hydrogens (tertiary/aromatic N) is 4. The Hall–Kier alpha value is -2.94. The molecule has 0 spiro atoms. The van der Waals surface area contributed by atoms with Gasteiger partial charge in [0.15, 0.2) is 5.65 Å². The van der Waals surface area contributed by atoms with Crippen LogP contribution in [0.3, 0.4) is 0 Å². The highest BCUT2D eigenvalue weighted by atomic mass is 79.9. The van der Waals surface area contributed by atoms with E-state index in [-0.39, 0.29) is 6.10 Å². The first-order valence-corrected chi connectivity index (χ1v) is 10.4. The second-order valence-electron chi connectivity index (χ2n) is 7.02. The Kier molecular flexibility index (Phi) is 5.12. The molecular weight excluding hydrogens is 444 g/mol. The zero-order valence-electron chi connectivity index (χ0n) is 16.0. The molecule has 1 saturated heterocycles. The minimum atomic E-state index is -0.128. The third-order valence-electron chi connectivity index (χ3n) is 5.12. The number of benzene rings is 1. The first kappa shape index (κ1) is 19.0. The SMILES string of the molecule is Nc1ncnc2nc(-c3cccnc3C3CNCCO3)cc(-c3cccc(Br)c3)c12. The molecule has 7 nitrogen and oxygen atoms in total. The Balaban J connectivity index is 1.74. The third kappa shape index (κ3) is 3.54. The van der Waals surface area contributed by atoms with Gasteiger partial charge in [0.1, 0.15) is 18.2 Å². The average Bonchev–Trinajstić information content (AvgIpc) is 2.79. The van der Waals surface area contributed by atoms with Crippen molar-refractivity contribution in [1.29, 1.82) is 0 Å². The molecule has 1 aromatic carbocycles. The second-order valence-corrected chi connectivity index (χ2v) is 7.94. The van der Waals surface area contributed by atoms with Gasteiger partial charge in [-0.2, -0.15) is 0 Å². The maximum absolute atomic E-state index is 6.22. The minimum Gasteiger partial charge on any atom is -0.383 e. The lowest BCUT2D eigenvalue weighted by Gasteiger charge is -2.25. The van der Waals surface area contributed by atoms with E-state index in [9.17, 15) is 0 Å². The fraction of sp³-hybridized carbons (Fsp3) is 0.182. The molecule has 0 saturated carbocycles. The van der Waals surface area contributed by atoms with Crippen molar-refractivity contribution in [3.05, 3.63) is 65.2 Å². The van der Waals surface area contributed by atoms with Crippen molar-refractivity contribution in [2.45, 2.75) is 6.10 Å². The zero-order chi connectivity index (χ0) is 20.5. The smallest absolute Gasteiger partial charge is 0.165 e. The number of morpholine rings is 1. The molecule has 8 heteroatoms. The Labute approximate surface area is 181 Å². The normalized spacial score (nSPS) is 16.6. The number of halogens is 1. The van der Waals surface area contributed by atoms with E-state index in [0.29, 0.717) is 24.6 Å². The molecule has 4 aromatic rings. The van der Waals surface area contributed by atoms with Crippen LogP contribution in [0.15, 0.2) is 59.5 Å². The lowest BCUT2D eigenvalue weighted by molar-refractivity contribution is 0.0254. The van der Waals surface area contributed by atoms with Gasteiger partial charge in [0, 0.05) is 29.3 Å². The second kappa shape index (κ2) is 8.06. The van der Waals surface area contributed by atoms with Crippen molar-refractivity contribution >= 4 is 32.8 Å². The molecule has 0 aliphatic carbocycles. The van der Waals surface area contributed by atoms with Crippen molar-refractivity contribution in [2.75, 3.05) is 25.4 Å². The third-order valence-corrected chi connectivity index (χ3v) is 5.61. The number of nitrogen functional groups attached to an aromatic ring is 1. The lowest BCUT2D eigenvalue weighted by Crippen LogP contribution is -2.34. The summed E-state index contributed by atoms with van der Waals surface area (Å²) >= 11 is 3.56. The van der Waals surface area contributed by atoms with Gasteiger partial charge in [-0.15, -0.1) is 0 Å². The molecule has 3 aromatic heterocycles. The summed E-state index contributed by atoms with van der Waals surface area (Å²) in [6.07, 6.45) is 3.10. The number of nitrogens with two attached hydrogens (primary N) is 1. The van der Waals surface area contributed by atoms with E-state index in [0.717, 1.165) is 44.5 Å². The summed E-state index contributed by atoms with van der Waals surface area (Å²) in [4.78, 5) is 18.0. The number of hydrogen-bond acceptors (Lipinski definition) is 7. The van der Waals surface area contributed by atoms with E-state index in [1.165, 1.54) is 6.33 Å². The molecular formula is C22H19BrN6O. The molecule has 150 valence electrons. The van der Waals surface area contributed by atoms with Crippen LogP contribution in [0.2, 0.25) is 0 Å². The van der Waals surface area contributed by atoms with Gasteiger partial charge in [-0.05, 0) is 41.5 Å². The van der Waals surface area contributed by atoms with Crippen LogP contribution in [-0.2, 0) is 4.74 Å². The summed E-state index contributed by atoms with van der Waals surface area (Å²) in [5.41, 5.74) is 11.2. The van der Waals surface area contributed by atoms with Crippen molar-refractivity contribution in [2.24, 2.45) is 0 Å². The fourth-order valence-electron chi connectivity index (χ4n) is 3.74. The zero-order valence-corrected chi connectivity index (χ0v) is 17.6. The number of hydrogen-bond donors (Lipinski definition) is 2. The van der Waals surface area contributed by atoms with Crippen LogP contribution in [-0.4, -0.2) is 39.6 Å². The Morgan fingerprint density at radius 1 is 1.07 bits per heavy atom. The summed E-state index contributed by atoms with van der Waals surface area (Å²) < 4.78 is 6.94. The number of nitrogens with one attached hydrogen (secondary N) is 1. The highest BCUT2D eigenvalue weighted by Gasteiger charge is 2.22. The van der Waals surface area contributed by atoms with Gasteiger partial charge in [0.2, 0.25) is 0 Å². The Bertz CT molecular complexity index is 1230. The van der Waals surface area contributed by atoms with Crippen LogP contribution in [0.25, 0.3) is 33.4 Å². The number of rotatable bonds is 3. The predicted octanol–water partition coefficient (Wildman–Crippen LogP) is 3.76. The molecule has 1 unspecified atom stereocenters. The molecule has 1 aliphatic rings. The molecule has 0 bridgehead atoms. The van der Waals surface area contributed by atoms with E-state index >= 15 is 0 Å². The van der Waals surface area contributed by atoms with Crippen LogP contribution in [0.4, 0.5) is 5.82 Å². The highest BCUT2D eigenvalue weighted by Crippen LogP contribution is 2.36. The summed E-state index contributed by atoms with van der Waals surface area (Å²) in [5, 5.41) is 4.10. The quantitative estimate of drug-likeness (QED) is 0.477. The molecule has 0 amide bonds. The maximum atomic E-state index is 6.22. The van der Waals surface area contributed by atoms with Crippen molar-refractivity contribution < 1.29 is 4.74 Å². The molecule has 3 N–H and O–H groups in total. The molecule has 1 aliphatic heterocycles. The largest absolute Gasteiger partial charge is 0.383 e. The predicted molar refractivity (Wildman–Crippen MR) is 120 cm³/mol. The van der Waals surface area contributed by atoms with Gasteiger partial charge in [0.25, 0.3) is 0 Å². The van der Waals surface area contributed by atoms with Gasteiger partial charge >= 0.3 is 0 Å². The van der Waals surface area contributed by atoms with Crippen LogP contribution in [0.5, 0.6) is 0 Å². The Morgan fingerprint density at radius 3 is 2.83 bits per heavy atom. The number of fused-ring (bicyclic) bond motifs is 1. The van der Waals surface area contributed by atoms with E-state index in [1.54, 1.807) is 6.20 Å². The van der Waals surface area contributed by atoms with E-state index in [4.69, 9.17) is 15.5 Å². The maximum Gasteiger partial charge on any atom is 0.165 e. The number of ether oxygens (including phenoxy) is 1. The van der Waals surface area contributed by atoms with Gasteiger partial charge < -0.3 is 15.8 Å². The van der Waals surface area contributed by atoms with Crippen LogP contribution in [0, 0.1) is 0 Å². The summed E-state index contributed by atoms with van der Waals surface area (Å²) in [6, 6.07) is 14.0. The van der Waals surface area contributed by atoms with Crippen LogP contribution < -0.4 is 11.1 Å². The van der Waals surface area contributed by atoms with Gasteiger partial charge in [-0.1, -0.05) is 28.1 Å². The molecule has 0 radical (unpaired) electrons. The van der Waals surface area contributed by atoms with Crippen molar-refractivity contribution in [3.8, 4) is 22.4 Å². The lowest BCUT2D eigenvalue weighted by atomic mass is 9.98. The van der Waals surface area contributed by atoms with Crippen LogP contribution in [0.1, 0.15) is 11.8 Å². The van der Waals surface area contributed by atoms with Crippen molar-refractivity contribution in [3.63, 3.8) is 0 Å². The molecule has 30 heavy (non-hydrogen) atoms. The molecule has 5 rings (SSSR count). The molecule has 4 heterocycles. The summed E-state index contributed by atoms with van der Waals surface area (Å²) in [6.45, 7) is 2.21. The van der Waals surface area contributed by atoms with Gasteiger partial charge in [0.05, 0.1) is 23.4 Å². The topological polar surface area (TPSA) is 98.8 Å². The van der Waals surface area contributed by atoms with Crippen molar-refractivity contribution in [1.82, 2.24) is 25.3 Å². The average molecular weight is 463 g/mol. The fourth-order valence-corrected chi connectivity index (χ4v) is 4.14. The van der Waals surface area contributed by atoms with Gasteiger partial charge in [-0.25, -0.2) is 15.0 Å². The first-order valence-electron chi connectivity index (χ1n) is 9.65. The summed E-state index contributed by atoms with van der Waals surface area (Å²) in [7, 11) is 0. The number of pyridine rings is 2.